The van der Waals surface area contributed by atoms with Gasteiger partial charge in [0.05, 0.1) is 10.6 Å². The molecule has 0 bridgehead atoms. The smallest absolute Gasteiger partial charge is 0.178 e. The molecule has 21 heavy (non-hydrogen) atoms. The quantitative estimate of drug-likeness (QED) is 0.886. The number of rotatable bonds is 5. The SMILES string of the molecule is C[C@H](CCN[C@@H]1CCS(=O)(=O)c2ccc(Cl)cc21)[S@](C)=O. The highest BCUT2D eigenvalue weighted by Gasteiger charge is 2.30. The van der Waals surface area contributed by atoms with Crippen LogP contribution in [0.5, 0.6) is 0 Å². The van der Waals surface area contributed by atoms with Gasteiger partial charge in [0, 0.05) is 33.4 Å². The fourth-order valence-electron chi connectivity index (χ4n) is 2.45. The molecule has 0 amide bonds. The largest absolute Gasteiger partial charge is 0.310 e. The first-order chi connectivity index (χ1) is 9.81. The molecule has 1 aliphatic rings. The molecule has 0 radical (unpaired) electrons. The molecule has 0 aliphatic carbocycles. The van der Waals surface area contributed by atoms with Crippen LogP contribution in [0.15, 0.2) is 23.1 Å². The lowest BCUT2D eigenvalue weighted by Crippen LogP contribution is -2.31. The Labute approximate surface area is 133 Å². The average molecular weight is 350 g/mol. The molecule has 0 spiro atoms. The molecule has 0 saturated heterocycles. The van der Waals surface area contributed by atoms with Crippen LogP contribution in [-0.2, 0) is 20.6 Å². The zero-order chi connectivity index (χ0) is 15.6. The average Bonchev–Trinajstić information content (AvgIpc) is 2.40. The van der Waals surface area contributed by atoms with Crippen molar-refractivity contribution < 1.29 is 12.6 Å². The van der Waals surface area contributed by atoms with Gasteiger partial charge < -0.3 is 5.32 Å². The van der Waals surface area contributed by atoms with Gasteiger partial charge in [-0.3, -0.25) is 4.21 Å². The summed E-state index contributed by atoms with van der Waals surface area (Å²) in [5.74, 6) is 0.147. The Kier molecular flexibility index (Phi) is 5.46. The highest BCUT2D eigenvalue weighted by atomic mass is 35.5. The van der Waals surface area contributed by atoms with Gasteiger partial charge >= 0.3 is 0 Å². The van der Waals surface area contributed by atoms with Crippen LogP contribution in [0.3, 0.4) is 0 Å². The number of fused-ring (bicyclic) bond motifs is 1. The molecular formula is C14H20ClNO3S2. The van der Waals surface area contributed by atoms with E-state index in [0.29, 0.717) is 22.9 Å². The van der Waals surface area contributed by atoms with Crippen molar-refractivity contribution in [3.63, 3.8) is 0 Å². The molecule has 7 heteroatoms. The lowest BCUT2D eigenvalue weighted by molar-refractivity contribution is 0.485. The van der Waals surface area contributed by atoms with Crippen molar-refractivity contribution in [3.8, 4) is 0 Å². The van der Waals surface area contributed by atoms with Gasteiger partial charge in [-0.1, -0.05) is 18.5 Å². The first-order valence-corrected chi connectivity index (χ1v) is 10.5. The molecule has 1 aliphatic heterocycles. The molecule has 1 heterocycles. The van der Waals surface area contributed by atoms with Gasteiger partial charge in [0.2, 0.25) is 0 Å². The fraction of sp³-hybridized carbons (Fsp3) is 0.571. The standard InChI is InChI=1S/C14H20ClNO3S2/c1-10(20(2)17)5-7-16-13-6-8-21(18,19)14-4-3-11(15)9-12(13)14/h3-4,9-10,13,16H,5-8H2,1-2H3/t10-,13-,20+/m1/s1. The second-order valence-electron chi connectivity index (χ2n) is 5.39. The van der Waals surface area contributed by atoms with Crippen molar-refractivity contribution in [2.75, 3.05) is 18.6 Å². The van der Waals surface area contributed by atoms with Crippen LogP contribution in [0.2, 0.25) is 5.02 Å². The Hall–Kier alpha value is -0.430. The molecular weight excluding hydrogens is 330 g/mol. The van der Waals surface area contributed by atoms with Gasteiger partial charge in [-0.25, -0.2) is 8.42 Å². The molecule has 0 unspecified atom stereocenters. The molecule has 1 N–H and O–H groups in total. The van der Waals surface area contributed by atoms with Crippen molar-refractivity contribution in [3.05, 3.63) is 28.8 Å². The summed E-state index contributed by atoms with van der Waals surface area (Å²) in [5, 5.41) is 4.04. The van der Waals surface area contributed by atoms with E-state index in [4.69, 9.17) is 11.6 Å². The van der Waals surface area contributed by atoms with Crippen molar-refractivity contribution in [2.45, 2.75) is 36.0 Å². The lowest BCUT2D eigenvalue weighted by atomic mass is 10.0. The van der Waals surface area contributed by atoms with Crippen LogP contribution < -0.4 is 5.32 Å². The van der Waals surface area contributed by atoms with Crippen molar-refractivity contribution >= 4 is 32.2 Å². The van der Waals surface area contributed by atoms with Crippen molar-refractivity contribution in [2.24, 2.45) is 0 Å². The summed E-state index contributed by atoms with van der Waals surface area (Å²) in [6.45, 7) is 2.66. The number of benzene rings is 1. The van der Waals surface area contributed by atoms with E-state index >= 15 is 0 Å². The van der Waals surface area contributed by atoms with E-state index in [9.17, 15) is 12.6 Å². The third-order valence-electron chi connectivity index (χ3n) is 3.87. The van der Waals surface area contributed by atoms with Crippen LogP contribution in [-0.4, -0.2) is 36.4 Å². The first-order valence-electron chi connectivity index (χ1n) is 6.89. The normalized spacial score (nSPS) is 23.3. The van der Waals surface area contributed by atoms with Gasteiger partial charge in [0.1, 0.15) is 0 Å². The maximum Gasteiger partial charge on any atom is 0.178 e. The predicted octanol–water partition coefficient (Wildman–Crippen LogP) is 2.31. The van der Waals surface area contributed by atoms with Gasteiger partial charge in [-0.05, 0) is 43.1 Å². The van der Waals surface area contributed by atoms with E-state index < -0.39 is 20.6 Å². The Balaban J connectivity index is 2.13. The Morgan fingerprint density at radius 1 is 1.48 bits per heavy atom. The van der Waals surface area contributed by atoms with E-state index in [-0.39, 0.29) is 17.0 Å². The van der Waals surface area contributed by atoms with E-state index in [1.165, 1.54) is 0 Å². The highest BCUT2D eigenvalue weighted by molar-refractivity contribution is 7.91. The second kappa shape index (κ2) is 6.77. The van der Waals surface area contributed by atoms with Crippen molar-refractivity contribution in [1.82, 2.24) is 5.32 Å². The summed E-state index contributed by atoms with van der Waals surface area (Å²) in [7, 11) is -4.03. The van der Waals surface area contributed by atoms with Gasteiger partial charge in [-0.2, -0.15) is 0 Å². The van der Waals surface area contributed by atoms with Crippen LogP contribution >= 0.6 is 11.6 Å². The van der Waals surface area contributed by atoms with E-state index in [1.807, 2.05) is 6.92 Å². The summed E-state index contributed by atoms with van der Waals surface area (Å²) in [5.41, 5.74) is 0.749. The topological polar surface area (TPSA) is 63.2 Å². The number of sulfone groups is 1. The van der Waals surface area contributed by atoms with E-state index in [0.717, 1.165) is 12.0 Å². The van der Waals surface area contributed by atoms with Crippen LogP contribution in [0.4, 0.5) is 0 Å². The minimum Gasteiger partial charge on any atom is -0.310 e. The number of nitrogens with one attached hydrogen (secondary N) is 1. The summed E-state index contributed by atoms with van der Waals surface area (Å²) >= 11 is 6.00. The van der Waals surface area contributed by atoms with Gasteiger partial charge in [-0.15, -0.1) is 0 Å². The third kappa shape index (κ3) is 4.06. The summed E-state index contributed by atoms with van der Waals surface area (Å²) in [6, 6.07) is 4.92. The maximum absolute atomic E-state index is 12.1. The fourth-order valence-corrected chi connectivity index (χ4v) is 4.68. The molecule has 0 aromatic heterocycles. The minimum absolute atomic E-state index is 0.0142. The number of halogens is 1. The second-order valence-corrected chi connectivity index (χ2v) is 9.71. The van der Waals surface area contributed by atoms with Crippen LogP contribution in [0, 0.1) is 0 Å². The summed E-state index contributed by atoms with van der Waals surface area (Å²) < 4.78 is 35.5. The van der Waals surface area contributed by atoms with Crippen LogP contribution in [0.1, 0.15) is 31.4 Å². The Morgan fingerprint density at radius 2 is 2.19 bits per heavy atom. The Bertz CT molecular complexity index is 646. The first kappa shape index (κ1) is 16.9. The molecule has 3 atom stereocenters. The molecule has 0 fully saturated rings. The van der Waals surface area contributed by atoms with E-state index in [1.54, 1.807) is 24.5 Å². The molecule has 1 aromatic carbocycles. The zero-order valence-corrected chi connectivity index (χ0v) is 14.5. The van der Waals surface area contributed by atoms with Gasteiger partial charge in [0.25, 0.3) is 0 Å². The van der Waals surface area contributed by atoms with Crippen LogP contribution in [0.25, 0.3) is 0 Å². The minimum atomic E-state index is -3.19. The predicted molar refractivity (Wildman–Crippen MR) is 87.0 cm³/mol. The molecule has 0 saturated carbocycles. The van der Waals surface area contributed by atoms with Gasteiger partial charge in [0.15, 0.2) is 9.84 Å². The van der Waals surface area contributed by atoms with Crippen molar-refractivity contribution in [1.29, 1.82) is 0 Å². The lowest BCUT2D eigenvalue weighted by Gasteiger charge is -2.27. The number of hydrogen-bond donors (Lipinski definition) is 1. The monoisotopic (exact) mass is 349 g/mol. The third-order valence-corrected chi connectivity index (χ3v) is 7.28. The Morgan fingerprint density at radius 3 is 2.86 bits per heavy atom. The molecule has 4 nitrogen and oxygen atoms in total. The summed E-state index contributed by atoms with van der Waals surface area (Å²) in [6.07, 6.45) is 3.04. The highest BCUT2D eigenvalue weighted by Crippen LogP contribution is 2.33. The summed E-state index contributed by atoms with van der Waals surface area (Å²) in [4.78, 5) is 0.378. The zero-order valence-electron chi connectivity index (χ0n) is 12.1. The molecule has 118 valence electrons. The maximum atomic E-state index is 12.1. The van der Waals surface area contributed by atoms with E-state index in [2.05, 4.69) is 5.32 Å². The molecule has 2 rings (SSSR count). The number of hydrogen-bond acceptors (Lipinski definition) is 4. The molecule has 1 aromatic rings.